The Kier molecular flexibility index (Phi) is 6.37. The number of carbonyl (C=O) groups is 4. The number of benzene rings is 4. The first-order valence-corrected chi connectivity index (χ1v) is 14.2. The quantitative estimate of drug-likeness (QED) is 0.219. The third-order valence-electron chi connectivity index (χ3n) is 8.35. The van der Waals surface area contributed by atoms with Crippen LogP contribution in [0.1, 0.15) is 44.4 Å². The molecule has 2 bridgehead atoms. The third-order valence-corrected chi connectivity index (χ3v) is 9.09. The number of hydrogen-bond donors (Lipinski definition) is 1. The lowest BCUT2D eigenvalue weighted by atomic mass is 9.55. The van der Waals surface area contributed by atoms with Crippen molar-refractivity contribution in [2.75, 3.05) is 16.8 Å². The van der Waals surface area contributed by atoms with E-state index in [0.29, 0.717) is 16.4 Å². The van der Waals surface area contributed by atoms with E-state index >= 15 is 0 Å². The van der Waals surface area contributed by atoms with Crippen LogP contribution in [0.3, 0.4) is 0 Å². The van der Waals surface area contributed by atoms with Gasteiger partial charge in [0.25, 0.3) is 5.91 Å². The fourth-order valence-corrected chi connectivity index (χ4v) is 6.96. The predicted molar refractivity (Wildman–Crippen MR) is 158 cm³/mol. The molecule has 8 rings (SSSR count). The molecule has 1 N–H and O–H groups in total. The Hall–Kier alpha value is -4.46. The lowest BCUT2D eigenvalue weighted by molar-refractivity contribution is -0.122. The summed E-state index contributed by atoms with van der Waals surface area (Å²) in [4.78, 5) is 53.9. The zero-order valence-electron chi connectivity index (χ0n) is 21.9. The highest BCUT2D eigenvalue weighted by atomic mass is 35.5. The molecule has 1 heterocycles. The zero-order valence-corrected chi connectivity index (χ0v) is 23.4. The van der Waals surface area contributed by atoms with E-state index in [9.17, 15) is 19.2 Å². The zero-order chi connectivity index (χ0) is 29.1. The minimum atomic E-state index is -0.720. The molecular formula is C33H22Cl2N2O5. The second-order valence-corrected chi connectivity index (χ2v) is 11.4. The van der Waals surface area contributed by atoms with Gasteiger partial charge in [0.05, 0.1) is 33.1 Å². The van der Waals surface area contributed by atoms with E-state index in [1.54, 1.807) is 24.3 Å². The summed E-state index contributed by atoms with van der Waals surface area (Å²) in [7, 11) is 0. The number of amides is 3. The average molecular weight is 597 g/mol. The lowest BCUT2D eigenvalue weighted by Gasteiger charge is -2.45. The summed E-state index contributed by atoms with van der Waals surface area (Å²) in [6.07, 6.45) is 0. The predicted octanol–water partition coefficient (Wildman–Crippen LogP) is 6.19. The Bertz CT molecular complexity index is 1690. The maximum absolute atomic E-state index is 13.9. The highest BCUT2D eigenvalue weighted by molar-refractivity contribution is 6.42. The Morgan fingerprint density at radius 1 is 0.714 bits per heavy atom. The standard InChI is InChI=1S/C33H22Cl2N2O5/c34-24-14-11-18(15-25(24)35)36-26(38)16-42-33(41)17-9-12-19(13-10-17)37-31(39)29-27-20-5-1-2-6-21(20)28(30(29)32(37)40)23-8-4-3-7-22(23)27/h1-15,27-30H,16H2,(H,36,38)/t27?,28?,29-,30+. The molecule has 1 saturated heterocycles. The summed E-state index contributed by atoms with van der Waals surface area (Å²) in [6, 6.07) is 26.8. The summed E-state index contributed by atoms with van der Waals surface area (Å²) in [6.45, 7) is -0.517. The van der Waals surface area contributed by atoms with Gasteiger partial charge in [-0.2, -0.15) is 0 Å². The van der Waals surface area contributed by atoms with Crippen LogP contribution >= 0.6 is 23.2 Å². The molecule has 3 amide bonds. The normalized spacial score (nSPS) is 21.4. The van der Waals surface area contributed by atoms with Gasteiger partial charge in [-0.15, -0.1) is 0 Å². The van der Waals surface area contributed by atoms with Crippen LogP contribution in [0.2, 0.25) is 10.0 Å². The molecule has 4 aliphatic rings. The minimum absolute atomic E-state index is 0.178. The number of ether oxygens (including phenoxy) is 1. The summed E-state index contributed by atoms with van der Waals surface area (Å²) in [5.41, 5.74) is 5.39. The van der Waals surface area contributed by atoms with Crippen LogP contribution < -0.4 is 10.2 Å². The van der Waals surface area contributed by atoms with Crippen molar-refractivity contribution in [3.8, 4) is 0 Å². The van der Waals surface area contributed by atoms with Crippen molar-refractivity contribution in [3.63, 3.8) is 0 Å². The van der Waals surface area contributed by atoms with E-state index in [1.165, 1.54) is 23.1 Å². The topological polar surface area (TPSA) is 92.8 Å². The van der Waals surface area contributed by atoms with E-state index in [1.807, 2.05) is 24.3 Å². The number of imide groups is 1. The maximum Gasteiger partial charge on any atom is 0.338 e. The van der Waals surface area contributed by atoms with Crippen molar-refractivity contribution in [2.24, 2.45) is 11.8 Å². The van der Waals surface area contributed by atoms with Crippen LogP contribution in [-0.2, 0) is 19.1 Å². The minimum Gasteiger partial charge on any atom is -0.452 e. The van der Waals surface area contributed by atoms with Crippen molar-refractivity contribution in [1.29, 1.82) is 0 Å². The molecule has 2 atom stereocenters. The van der Waals surface area contributed by atoms with Gasteiger partial charge in [-0.3, -0.25) is 14.4 Å². The van der Waals surface area contributed by atoms with Crippen LogP contribution in [0.15, 0.2) is 91.0 Å². The second-order valence-electron chi connectivity index (χ2n) is 10.6. The van der Waals surface area contributed by atoms with Gasteiger partial charge in [0.15, 0.2) is 6.61 Å². The average Bonchev–Trinajstić information content (AvgIpc) is 3.28. The third kappa shape index (κ3) is 4.11. The molecule has 3 aliphatic carbocycles. The number of anilines is 2. The van der Waals surface area contributed by atoms with Gasteiger partial charge in [0, 0.05) is 17.5 Å². The Labute approximate surface area is 251 Å². The fourth-order valence-electron chi connectivity index (χ4n) is 6.66. The van der Waals surface area contributed by atoms with Gasteiger partial charge in [0.2, 0.25) is 11.8 Å². The number of halogens is 2. The molecule has 1 aliphatic heterocycles. The fraction of sp³-hybridized carbons (Fsp3) is 0.152. The molecule has 208 valence electrons. The molecule has 7 nitrogen and oxygen atoms in total. The first-order valence-electron chi connectivity index (χ1n) is 13.4. The maximum atomic E-state index is 13.9. The number of rotatable bonds is 5. The number of nitrogens with zero attached hydrogens (tertiary/aromatic N) is 1. The second kappa shape index (κ2) is 10.1. The Balaban J connectivity index is 1.08. The van der Waals surface area contributed by atoms with Gasteiger partial charge in [-0.1, -0.05) is 71.7 Å². The first kappa shape index (κ1) is 26.4. The number of hydrogen-bond acceptors (Lipinski definition) is 5. The van der Waals surface area contributed by atoms with Crippen molar-refractivity contribution in [1.82, 2.24) is 0 Å². The van der Waals surface area contributed by atoms with Crippen molar-refractivity contribution >= 4 is 58.3 Å². The summed E-state index contributed by atoms with van der Waals surface area (Å²) in [5.74, 6) is -3.13. The molecule has 4 aromatic rings. The van der Waals surface area contributed by atoms with Gasteiger partial charge < -0.3 is 10.1 Å². The molecule has 0 spiro atoms. The highest BCUT2D eigenvalue weighted by Gasteiger charge is 2.61. The molecule has 0 unspecified atom stereocenters. The number of nitrogens with one attached hydrogen (secondary N) is 1. The van der Waals surface area contributed by atoms with Crippen molar-refractivity contribution < 1.29 is 23.9 Å². The van der Waals surface area contributed by atoms with Gasteiger partial charge in [-0.25, -0.2) is 9.69 Å². The van der Waals surface area contributed by atoms with Crippen LogP contribution in [0.25, 0.3) is 0 Å². The van der Waals surface area contributed by atoms with Crippen molar-refractivity contribution in [3.05, 3.63) is 129 Å². The van der Waals surface area contributed by atoms with Gasteiger partial charge in [0.1, 0.15) is 0 Å². The van der Waals surface area contributed by atoms with E-state index < -0.39 is 30.3 Å². The van der Waals surface area contributed by atoms with Gasteiger partial charge in [-0.05, 0) is 64.7 Å². The van der Waals surface area contributed by atoms with E-state index in [-0.39, 0.29) is 34.2 Å². The van der Waals surface area contributed by atoms with Crippen LogP contribution in [0.4, 0.5) is 11.4 Å². The first-order chi connectivity index (χ1) is 20.3. The highest BCUT2D eigenvalue weighted by Crippen LogP contribution is 2.61. The number of carbonyl (C=O) groups excluding carboxylic acids is 4. The molecule has 0 aromatic heterocycles. The monoisotopic (exact) mass is 596 g/mol. The Morgan fingerprint density at radius 3 is 1.74 bits per heavy atom. The molecular weight excluding hydrogens is 575 g/mol. The molecule has 42 heavy (non-hydrogen) atoms. The number of esters is 1. The molecule has 4 aromatic carbocycles. The summed E-state index contributed by atoms with van der Waals surface area (Å²) >= 11 is 11.9. The smallest absolute Gasteiger partial charge is 0.338 e. The van der Waals surface area contributed by atoms with E-state index in [0.717, 1.165) is 22.3 Å². The SMILES string of the molecule is O=C(COC(=O)c1ccc(N2C(=O)[C@@H]3C4c5ccccc5C(c5ccccc54)[C@@H]3C2=O)cc1)Nc1ccc(Cl)c(Cl)c1. The Morgan fingerprint density at radius 2 is 1.24 bits per heavy atom. The molecule has 1 fully saturated rings. The van der Waals surface area contributed by atoms with Crippen LogP contribution in [0.5, 0.6) is 0 Å². The molecule has 9 heteroatoms. The molecule has 0 saturated carbocycles. The van der Waals surface area contributed by atoms with Crippen LogP contribution in [0, 0.1) is 11.8 Å². The largest absolute Gasteiger partial charge is 0.452 e. The summed E-state index contributed by atoms with van der Waals surface area (Å²) in [5, 5.41) is 3.21. The van der Waals surface area contributed by atoms with E-state index in [2.05, 4.69) is 29.6 Å². The summed E-state index contributed by atoms with van der Waals surface area (Å²) < 4.78 is 5.15. The lowest BCUT2D eigenvalue weighted by Crippen LogP contribution is -2.41. The van der Waals surface area contributed by atoms with Crippen LogP contribution in [-0.4, -0.2) is 30.3 Å². The van der Waals surface area contributed by atoms with Crippen molar-refractivity contribution in [2.45, 2.75) is 11.8 Å². The van der Waals surface area contributed by atoms with Gasteiger partial charge >= 0.3 is 5.97 Å². The molecule has 0 radical (unpaired) electrons. The van der Waals surface area contributed by atoms with E-state index in [4.69, 9.17) is 27.9 Å².